The molecular formula is C12H13F2NO3. The Balaban J connectivity index is 2.39. The normalized spacial score (nSPS) is 14.6. The van der Waals surface area contributed by atoms with Crippen molar-refractivity contribution < 1.29 is 23.8 Å². The van der Waals surface area contributed by atoms with E-state index >= 15 is 0 Å². The minimum absolute atomic E-state index is 0.0248. The number of aliphatic hydroxyl groups is 1. The molecule has 6 heteroatoms. The van der Waals surface area contributed by atoms with E-state index in [1.165, 1.54) is 4.90 Å². The molecule has 18 heavy (non-hydrogen) atoms. The third-order valence-corrected chi connectivity index (χ3v) is 2.88. The topological polar surface area (TPSA) is 60.8 Å². The molecule has 0 aliphatic heterocycles. The van der Waals surface area contributed by atoms with Crippen molar-refractivity contribution in [2.24, 2.45) is 0 Å². The van der Waals surface area contributed by atoms with Crippen LogP contribution in [0.1, 0.15) is 23.2 Å². The summed E-state index contributed by atoms with van der Waals surface area (Å²) in [6, 6.07) is 1.62. The minimum Gasteiger partial charge on any atom is -0.478 e. The van der Waals surface area contributed by atoms with Gasteiger partial charge in [0.05, 0.1) is 12.2 Å². The molecule has 1 aliphatic rings. The van der Waals surface area contributed by atoms with Gasteiger partial charge in [0.1, 0.15) is 17.3 Å². The number of nitrogens with zero attached hydrogens (tertiary/aromatic N) is 1. The number of aromatic carboxylic acids is 1. The lowest BCUT2D eigenvalue weighted by Crippen LogP contribution is -2.30. The second-order valence-corrected chi connectivity index (χ2v) is 4.24. The van der Waals surface area contributed by atoms with E-state index in [1.807, 2.05) is 0 Å². The van der Waals surface area contributed by atoms with E-state index in [4.69, 9.17) is 10.2 Å². The van der Waals surface area contributed by atoms with Gasteiger partial charge in [-0.1, -0.05) is 0 Å². The summed E-state index contributed by atoms with van der Waals surface area (Å²) in [4.78, 5) is 12.1. The van der Waals surface area contributed by atoms with Crippen LogP contribution in [0.2, 0.25) is 0 Å². The standard InChI is InChI=1S/C12H13F2NO3/c13-9-5-7(12(17)18)6-10(14)11(9)15(3-4-16)8-1-2-8/h5-6,8,16H,1-4H2,(H,17,18). The number of carbonyl (C=O) groups is 1. The van der Waals surface area contributed by atoms with Gasteiger partial charge in [-0.15, -0.1) is 0 Å². The van der Waals surface area contributed by atoms with Gasteiger partial charge in [-0.2, -0.15) is 0 Å². The highest BCUT2D eigenvalue weighted by molar-refractivity contribution is 5.88. The Morgan fingerprint density at radius 3 is 2.28 bits per heavy atom. The number of hydrogen-bond donors (Lipinski definition) is 2. The quantitative estimate of drug-likeness (QED) is 0.841. The van der Waals surface area contributed by atoms with Crippen molar-refractivity contribution in [3.8, 4) is 0 Å². The number of benzene rings is 1. The summed E-state index contributed by atoms with van der Waals surface area (Å²) in [5, 5.41) is 17.6. The van der Waals surface area contributed by atoms with Gasteiger partial charge in [-0.3, -0.25) is 0 Å². The van der Waals surface area contributed by atoms with Crippen LogP contribution in [-0.2, 0) is 0 Å². The average Bonchev–Trinajstić information content (AvgIpc) is 3.10. The van der Waals surface area contributed by atoms with Crippen LogP contribution in [0.15, 0.2) is 12.1 Å². The van der Waals surface area contributed by atoms with Crippen LogP contribution in [0.25, 0.3) is 0 Å². The lowest BCUT2D eigenvalue weighted by molar-refractivity contribution is 0.0695. The van der Waals surface area contributed by atoms with Crippen molar-refractivity contribution >= 4 is 11.7 Å². The third-order valence-electron chi connectivity index (χ3n) is 2.88. The Labute approximate surface area is 102 Å². The molecule has 0 bridgehead atoms. The van der Waals surface area contributed by atoms with Crippen LogP contribution in [0.4, 0.5) is 14.5 Å². The van der Waals surface area contributed by atoms with Crippen LogP contribution < -0.4 is 4.90 Å². The maximum absolute atomic E-state index is 13.8. The van der Waals surface area contributed by atoms with Crippen LogP contribution in [0.3, 0.4) is 0 Å². The van der Waals surface area contributed by atoms with Gasteiger partial charge in [0.2, 0.25) is 0 Å². The summed E-state index contributed by atoms with van der Waals surface area (Å²) in [5.74, 6) is -3.19. The van der Waals surface area contributed by atoms with Crippen LogP contribution in [0, 0.1) is 11.6 Å². The van der Waals surface area contributed by atoms with Crippen molar-refractivity contribution in [2.75, 3.05) is 18.1 Å². The molecule has 0 heterocycles. The number of rotatable bonds is 5. The molecular weight excluding hydrogens is 244 g/mol. The number of hydrogen-bond acceptors (Lipinski definition) is 3. The number of carboxylic acids is 1. The Morgan fingerprint density at radius 1 is 1.33 bits per heavy atom. The lowest BCUT2D eigenvalue weighted by Gasteiger charge is -2.24. The van der Waals surface area contributed by atoms with E-state index in [-0.39, 0.29) is 24.9 Å². The average molecular weight is 257 g/mol. The van der Waals surface area contributed by atoms with E-state index in [9.17, 15) is 13.6 Å². The van der Waals surface area contributed by atoms with Crippen molar-refractivity contribution in [2.45, 2.75) is 18.9 Å². The predicted molar refractivity (Wildman–Crippen MR) is 60.8 cm³/mol. The maximum Gasteiger partial charge on any atom is 0.335 e. The van der Waals surface area contributed by atoms with Gasteiger partial charge in [-0.05, 0) is 25.0 Å². The molecule has 0 atom stereocenters. The second kappa shape index (κ2) is 4.89. The molecule has 0 radical (unpaired) electrons. The predicted octanol–water partition coefficient (Wildman–Crippen LogP) is 1.62. The Hall–Kier alpha value is -1.69. The van der Waals surface area contributed by atoms with Gasteiger partial charge in [0, 0.05) is 12.6 Å². The number of halogens is 2. The Morgan fingerprint density at radius 2 is 1.89 bits per heavy atom. The fraction of sp³-hybridized carbons (Fsp3) is 0.417. The van der Waals surface area contributed by atoms with Crippen LogP contribution in [-0.4, -0.2) is 35.4 Å². The summed E-state index contributed by atoms with van der Waals surface area (Å²) in [6.07, 6.45) is 1.64. The monoisotopic (exact) mass is 257 g/mol. The maximum atomic E-state index is 13.8. The molecule has 1 aliphatic carbocycles. The number of anilines is 1. The van der Waals surface area contributed by atoms with Crippen molar-refractivity contribution in [1.29, 1.82) is 0 Å². The highest BCUT2D eigenvalue weighted by Gasteiger charge is 2.32. The number of carboxylic acid groups (broad SMARTS) is 1. The molecule has 1 saturated carbocycles. The zero-order chi connectivity index (χ0) is 13.3. The molecule has 1 aromatic rings. The minimum atomic E-state index is -1.38. The first-order valence-corrected chi connectivity index (χ1v) is 5.64. The Kier molecular flexibility index (Phi) is 3.47. The second-order valence-electron chi connectivity index (χ2n) is 4.24. The third kappa shape index (κ3) is 2.43. The molecule has 2 rings (SSSR count). The van der Waals surface area contributed by atoms with Gasteiger partial charge in [0.25, 0.3) is 0 Å². The molecule has 98 valence electrons. The smallest absolute Gasteiger partial charge is 0.335 e. The van der Waals surface area contributed by atoms with Gasteiger partial charge >= 0.3 is 5.97 Å². The van der Waals surface area contributed by atoms with Crippen LogP contribution in [0.5, 0.6) is 0 Å². The first-order chi connectivity index (χ1) is 8.54. The van der Waals surface area contributed by atoms with Gasteiger partial charge in [-0.25, -0.2) is 13.6 Å². The van der Waals surface area contributed by atoms with Gasteiger partial charge < -0.3 is 15.1 Å². The largest absolute Gasteiger partial charge is 0.478 e. The molecule has 0 aromatic heterocycles. The van der Waals surface area contributed by atoms with E-state index in [0.29, 0.717) is 0 Å². The fourth-order valence-electron chi connectivity index (χ4n) is 1.93. The summed E-state index contributed by atoms with van der Waals surface area (Å²) in [6.45, 7) is -0.0824. The molecule has 1 aromatic carbocycles. The first kappa shape index (κ1) is 12.8. The summed E-state index contributed by atoms with van der Waals surface area (Å²) in [5.41, 5.74) is -0.676. The lowest BCUT2D eigenvalue weighted by atomic mass is 10.1. The molecule has 0 spiro atoms. The van der Waals surface area contributed by atoms with Crippen LogP contribution >= 0.6 is 0 Å². The van der Waals surface area contributed by atoms with E-state index < -0.39 is 23.2 Å². The Bertz CT molecular complexity index is 451. The molecule has 2 N–H and O–H groups in total. The molecule has 4 nitrogen and oxygen atoms in total. The van der Waals surface area contributed by atoms with Crippen molar-refractivity contribution in [1.82, 2.24) is 0 Å². The fourth-order valence-corrected chi connectivity index (χ4v) is 1.93. The van der Waals surface area contributed by atoms with E-state index in [1.54, 1.807) is 0 Å². The van der Waals surface area contributed by atoms with Crippen molar-refractivity contribution in [3.05, 3.63) is 29.3 Å². The highest BCUT2D eigenvalue weighted by Crippen LogP contribution is 2.35. The SMILES string of the molecule is O=C(O)c1cc(F)c(N(CCO)C2CC2)c(F)c1. The first-order valence-electron chi connectivity index (χ1n) is 5.64. The number of aliphatic hydroxyl groups excluding tert-OH is 1. The van der Waals surface area contributed by atoms with Crippen molar-refractivity contribution in [3.63, 3.8) is 0 Å². The molecule has 0 amide bonds. The molecule has 1 fully saturated rings. The summed E-state index contributed by atoms with van der Waals surface area (Å²) in [7, 11) is 0. The zero-order valence-electron chi connectivity index (χ0n) is 9.57. The zero-order valence-corrected chi connectivity index (χ0v) is 9.57. The van der Waals surface area contributed by atoms with Gasteiger partial charge in [0.15, 0.2) is 0 Å². The van der Waals surface area contributed by atoms with E-state index in [0.717, 1.165) is 25.0 Å². The highest BCUT2D eigenvalue weighted by atomic mass is 19.1. The molecule has 0 saturated heterocycles. The van der Waals surface area contributed by atoms with E-state index in [2.05, 4.69) is 0 Å². The summed E-state index contributed by atoms with van der Waals surface area (Å²) < 4.78 is 27.6. The summed E-state index contributed by atoms with van der Waals surface area (Å²) >= 11 is 0. The molecule has 0 unspecified atom stereocenters.